The Balaban J connectivity index is 0.000000858. The van der Waals surface area contributed by atoms with E-state index in [-0.39, 0.29) is 12.0 Å². The van der Waals surface area contributed by atoms with E-state index < -0.39 is 0 Å². The average Bonchev–Trinajstić information content (AvgIpc) is 3.23. The van der Waals surface area contributed by atoms with Crippen LogP contribution < -0.4 is 4.74 Å². The number of rotatable bonds is 6. The fourth-order valence-corrected chi connectivity index (χ4v) is 4.95. The van der Waals surface area contributed by atoms with Crippen LogP contribution in [0.2, 0.25) is 0 Å². The van der Waals surface area contributed by atoms with Crippen molar-refractivity contribution in [2.24, 2.45) is 5.92 Å². The Labute approximate surface area is 183 Å². The molecule has 3 atom stereocenters. The predicted octanol–water partition coefficient (Wildman–Crippen LogP) is 6.87. The molecule has 0 amide bonds. The van der Waals surface area contributed by atoms with Crippen molar-refractivity contribution in [3.8, 4) is 5.75 Å². The van der Waals surface area contributed by atoms with Gasteiger partial charge < -0.3 is 4.74 Å². The van der Waals surface area contributed by atoms with Crippen molar-refractivity contribution in [3.05, 3.63) is 77.6 Å². The third kappa shape index (κ3) is 5.59. The van der Waals surface area contributed by atoms with Gasteiger partial charge in [-0.05, 0) is 85.1 Å². The summed E-state index contributed by atoms with van der Waals surface area (Å²) < 4.78 is 19.7. The van der Waals surface area contributed by atoms with Gasteiger partial charge in [-0.25, -0.2) is 4.39 Å². The van der Waals surface area contributed by atoms with E-state index in [1.54, 1.807) is 6.07 Å². The van der Waals surface area contributed by atoms with Crippen LogP contribution in [0.5, 0.6) is 5.75 Å². The zero-order valence-electron chi connectivity index (χ0n) is 18.1. The van der Waals surface area contributed by atoms with Gasteiger partial charge in [0.05, 0.1) is 6.61 Å². The second-order valence-corrected chi connectivity index (χ2v) is 8.28. The highest BCUT2D eigenvalue weighted by Gasteiger charge is 2.27. The summed E-state index contributed by atoms with van der Waals surface area (Å²) in [4.78, 5) is 16.2. The first kappa shape index (κ1) is 22.7. The normalized spacial score (nSPS) is 18.7. The monoisotopic (exact) mass is 420 g/mol. The van der Waals surface area contributed by atoms with E-state index in [2.05, 4.69) is 43.3 Å². The minimum atomic E-state index is -0.122. The van der Waals surface area contributed by atoms with Crippen LogP contribution in [0.15, 0.2) is 60.7 Å². The zero-order valence-corrected chi connectivity index (χ0v) is 18.1. The number of benzene rings is 3. The first-order valence-electron chi connectivity index (χ1n) is 11.0. The average molecular weight is 421 g/mol. The Hall–Kier alpha value is -2.97. The molecule has 0 aromatic heterocycles. The van der Waals surface area contributed by atoms with E-state index in [4.69, 9.17) is 14.3 Å². The summed E-state index contributed by atoms with van der Waals surface area (Å²) in [6, 6.07) is 20.1. The summed E-state index contributed by atoms with van der Waals surface area (Å²) in [5.74, 6) is 2.66. The molecule has 3 aromatic carbocycles. The van der Waals surface area contributed by atoms with Crippen molar-refractivity contribution in [3.63, 3.8) is 0 Å². The van der Waals surface area contributed by atoms with E-state index in [9.17, 15) is 4.39 Å². The van der Waals surface area contributed by atoms with E-state index in [1.165, 1.54) is 36.8 Å². The van der Waals surface area contributed by atoms with Crippen LogP contribution in [0.25, 0.3) is 10.8 Å². The van der Waals surface area contributed by atoms with Gasteiger partial charge in [-0.2, -0.15) is 9.59 Å². The van der Waals surface area contributed by atoms with Crippen LogP contribution in [-0.2, 0) is 9.59 Å². The number of ether oxygens (including phenoxy) is 1. The third-order valence-corrected chi connectivity index (χ3v) is 6.32. The molecule has 0 heterocycles. The summed E-state index contributed by atoms with van der Waals surface area (Å²) in [5.41, 5.74) is 2.72. The fourth-order valence-electron chi connectivity index (χ4n) is 4.95. The van der Waals surface area contributed by atoms with Crippen molar-refractivity contribution in [2.75, 3.05) is 6.61 Å². The summed E-state index contributed by atoms with van der Waals surface area (Å²) in [6.45, 7) is 5.02. The lowest BCUT2D eigenvalue weighted by atomic mass is 9.86. The lowest BCUT2D eigenvalue weighted by Gasteiger charge is -2.19. The molecule has 0 saturated heterocycles. The van der Waals surface area contributed by atoms with Gasteiger partial charge in [-0.1, -0.05) is 49.4 Å². The molecule has 162 valence electrons. The van der Waals surface area contributed by atoms with Crippen LogP contribution in [0.1, 0.15) is 62.5 Å². The molecule has 0 aliphatic heterocycles. The smallest absolute Gasteiger partial charge is 0.373 e. The number of fused-ring (bicyclic) bond motifs is 1. The summed E-state index contributed by atoms with van der Waals surface area (Å²) in [5, 5.41) is 1.81. The van der Waals surface area contributed by atoms with Gasteiger partial charge in [0.1, 0.15) is 11.6 Å². The molecule has 0 bridgehead atoms. The van der Waals surface area contributed by atoms with Gasteiger partial charge >= 0.3 is 6.15 Å². The Morgan fingerprint density at radius 1 is 1.00 bits per heavy atom. The second-order valence-electron chi connectivity index (χ2n) is 8.28. The topological polar surface area (TPSA) is 43.4 Å². The Kier molecular flexibility index (Phi) is 7.97. The van der Waals surface area contributed by atoms with Crippen molar-refractivity contribution in [1.82, 2.24) is 0 Å². The molecule has 1 saturated carbocycles. The minimum absolute atomic E-state index is 0.122. The molecular formula is C27H29FO3. The number of halogens is 1. The predicted molar refractivity (Wildman–Crippen MR) is 120 cm³/mol. The number of hydrogen-bond acceptors (Lipinski definition) is 3. The van der Waals surface area contributed by atoms with Gasteiger partial charge in [0.2, 0.25) is 0 Å². The van der Waals surface area contributed by atoms with Crippen molar-refractivity contribution in [1.29, 1.82) is 0 Å². The third-order valence-electron chi connectivity index (χ3n) is 6.32. The molecule has 1 fully saturated rings. The maximum absolute atomic E-state index is 14.1. The molecule has 1 unspecified atom stereocenters. The SMILES string of the molecule is CCOc1ccc([C@@H]2CCC(C[C@H](C)c3cccc4c(F)cccc34)C2)cc1.O=C=O. The first-order valence-corrected chi connectivity index (χ1v) is 11.0. The van der Waals surface area contributed by atoms with Gasteiger partial charge in [0.15, 0.2) is 0 Å². The van der Waals surface area contributed by atoms with E-state index in [0.29, 0.717) is 18.4 Å². The molecule has 0 radical (unpaired) electrons. The molecule has 4 heteroatoms. The van der Waals surface area contributed by atoms with Crippen molar-refractivity contribution in [2.45, 2.75) is 51.4 Å². The van der Waals surface area contributed by atoms with Crippen LogP contribution in [-0.4, -0.2) is 12.8 Å². The van der Waals surface area contributed by atoms with Gasteiger partial charge in [0, 0.05) is 5.39 Å². The number of hydrogen-bond donors (Lipinski definition) is 0. The van der Waals surface area contributed by atoms with Crippen LogP contribution in [0, 0.1) is 11.7 Å². The molecule has 31 heavy (non-hydrogen) atoms. The molecule has 1 aliphatic carbocycles. The highest BCUT2D eigenvalue weighted by molar-refractivity contribution is 5.86. The quantitative estimate of drug-likeness (QED) is 0.437. The van der Waals surface area contributed by atoms with E-state index in [1.807, 2.05) is 25.1 Å². The lowest BCUT2D eigenvalue weighted by molar-refractivity contribution is -0.191. The molecule has 0 N–H and O–H groups in total. The Bertz CT molecular complexity index is 1020. The maximum atomic E-state index is 14.1. The van der Waals surface area contributed by atoms with Crippen LogP contribution in [0.3, 0.4) is 0 Å². The van der Waals surface area contributed by atoms with E-state index in [0.717, 1.165) is 22.4 Å². The summed E-state index contributed by atoms with van der Waals surface area (Å²) in [7, 11) is 0. The van der Waals surface area contributed by atoms with Gasteiger partial charge in [-0.3, -0.25) is 0 Å². The summed E-state index contributed by atoms with van der Waals surface area (Å²) >= 11 is 0. The Morgan fingerprint density at radius 2 is 1.68 bits per heavy atom. The van der Waals surface area contributed by atoms with Crippen molar-refractivity contribution >= 4 is 16.9 Å². The standard InChI is InChI=1S/C26H29FO.CO2/c1-3-28-22-14-12-20(13-15-22)21-11-10-19(17-21)16-18(2)23-6-4-8-25-24(23)7-5-9-26(25)27;2-1-3/h4-9,12-15,18-19,21H,3,10-11,16-17H2,1-2H3;/t18-,19?,21+;/m0./s1. The Morgan fingerprint density at radius 3 is 2.39 bits per heavy atom. The van der Waals surface area contributed by atoms with Gasteiger partial charge in [-0.15, -0.1) is 0 Å². The van der Waals surface area contributed by atoms with Gasteiger partial charge in [0.25, 0.3) is 0 Å². The lowest BCUT2D eigenvalue weighted by Crippen LogP contribution is -2.03. The first-order chi connectivity index (χ1) is 15.1. The highest BCUT2D eigenvalue weighted by atomic mass is 19.1. The largest absolute Gasteiger partial charge is 0.494 e. The maximum Gasteiger partial charge on any atom is 0.373 e. The molecule has 3 aromatic rings. The molecular weight excluding hydrogens is 391 g/mol. The van der Waals surface area contributed by atoms with Crippen LogP contribution >= 0.6 is 0 Å². The molecule has 1 aliphatic rings. The summed E-state index contributed by atoms with van der Waals surface area (Å²) in [6.07, 6.45) is 5.21. The highest BCUT2D eigenvalue weighted by Crippen LogP contribution is 2.43. The molecule has 4 rings (SSSR count). The number of carbonyl (C=O) groups excluding carboxylic acids is 2. The van der Waals surface area contributed by atoms with Crippen molar-refractivity contribution < 1.29 is 18.7 Å². The minimum Gasteiger partial charge on any atom is -0.494 e. The molecule has 3 nitrogen and oxygen atoms in total. The van der Waals surface area contributed by atoms with Crippen LogP contribution in [0.4, 0.5) is 4.39 Å². The second kappa shape index (κ2) is 10.9. The van der Waals surface area contributed by atoms with E-state index >= 15 is 0 Å². The zero-order chi connectivity index (χ0) is 22.2. The molecule has 0 spiro atoms. The fraction of sp³-hybridized carbons (Fsp3) is 0.370.